The van der Waals surface area contributed by atoms with E-state index in [0.29, 0.717) is 5.69 Å². The maximum absolute atomic E-state index is 14.0. The summed E-state index contributed by atoms with van der Waals surface area (Å²) in [6.45, 7) is 0. The molecule has 0 unspecified atom stereocenters. The Morgan fingerprint density at radius 1 is 1.00 bits per heavy atom. The molecule has 3 aromatic rings. The molecule has 1 heterocycles. The summed E-state index contributed by atoms with van der Waals surface area (Å²) >= 11 is 1.18. The first kappa shape index (κ1) is 14.6. The van der Waals surface area contributed by atoms with Crippen LogP contribution in [0.2, 0.25) is 0 Å². The van der Waals surface area contributed by atoms with Gasteiger partial charge in [0.15, 0.2) is 22.6 Å². The molecule has 7 heteroatoms. The van der Waals surface area contributed by atoms with E-state index in [4.69, 9.17) is 0 Å². The normalized spacial score (nSPS) is 10.9. The van der Waals surface area contributed by atoms with Crippen LogP contribution in [0.5, 0.6) is 0 Å². The maximum atomic E-state index is 14.0. The lowest BCUT2D eigenvalue weighted by Gasteiger charge is -2.11. The van der Waals surface area contributed by atoms with E-state index >= 15 is 0 Å². The zero-order valence-electron chi connectivity index (χ0n) is 11.4. The molecular formula is C15H10F3N3S. The molecule has 0 fully saturated rings. The minimum absolute atomic E-state index is 0.0815. The summed E-state index contributed by atoms with van der Waals surface area (Å²) in [4.78, 5) is 8.14. The summed E-state index contributed by atoms with van der Waals surface area (Å²) in [5.74, 6) is -3.91. The lowest BCUT2D eigenvalue weighted by atomic mass is 10.2. The molecule has 0 bridgehead atoms. The summed E-state index contributed by atoms with van der Waals surface area (Å²) in [5.41, 5.74) is 0.441. The summed E-state index contributed by atoms with van der Waals surface area (Å²) in [7, 11) is 0. The fourth-order valence-electron chi connectivity index (χ4n) is 2.00. The molecule has 2 aromatic carbocycles. The standard InChI is InChI=1S/C15H10F3N3S/c1-22-15-20-13-9(7-10(16)11(17)12(13)18)14(21-15)19-8-5-3-2-4-6-8/h2-7H,1H3,(H,19,20,21). The molecule has 0 saturated carbocycles. The van der Waals surface area contributed by atoms with Gasteiger partial charge in [0.2, 0.25) is 0 Å². The summed E-state index contributed by atoms with van der Waals surface area (Å²) in [6.07, 6.45) is 1.71. The van der Waals surface area contributed by atoms with Gasteiger partial charge in [-0.15, -0.1) is 0 Å². The Labute approximate surface area is 128 Å². The molecule has 1 N–H and O–H groups in total. The van der Waals surface area contributed by atoms with Crippen LogP contribution in [-0.4, -0.2) is 16.2 Å². The smallest absolute Gasteiger partial charge is 0.196 e. The number of benzene rings is 2. The van der Waals surface area contributed by atoms with Crippen molar-refractivity contribution in [2.45, 2.75) is 5.16 Å². The predicted octanol–water partition coefficient (Wildman–Crippen LogP) is 4.51. The molecule has 3 rings (SSSR count). The molecule has 1 aromatic heterocycles. The largest absolute Gasteiger partial charge is 0.340 e. The van der Waals surface area contributed by atoms with Crippen LogP contribution >= 0.6 is 11.8 Å². The maximum Gasteiger partial charge on any atom is 0.196 e. The number of anilines is 2. The minimum atomic E-state index is -1.54. The van der Waals surface area contributed by atoms with Crippen LogP contribution in [0.1, 0.15) is 0 Å². The number of para-hydroxylation sites is 1. The van der Waals surface area contributed by atoms with Crippen molar-refractivity contribution in [1.82, 2.24) is 9.97 Å². The number of nitrogens with one attached hydrogen (secondary N) is 1. The van der Waals surface area contributed by atoms with Crippen molar-refractivity contribution in [3.63, 3.8) is 0 Å². The highest BCUT2D eigenvalue weighted by molar-refractivity contribution is 7.98. The highest BCUT2D eigenvalue weighted by Crippen LogP contribution is 2.30. The van der Waals surface area contributed by atoms with Crippen molar-refractivity contribution in [3.05, 3.63) is 53.8 Å². The number of hydrogen-bond acceptors (Lipinski definition) is 4. The Morgan fingerprint density at radius 2 is 1.73 bits per heavy atom. The van der Waals surface area contributed by atoms with Gasteiger partial charge in [0.25, 0.3) is 0 Å². The van der Waals surface area contributed by atoms with Crippen molar-refractivity contribution < 1.29 is 13.2 Å². The second kappa shape index (κ2) is 5.84. The van der Waals surface area contributed by atoms with Crippen LogP contribution in [-0.2, 0) is 0 Å². The van der Waals surface area contributed by atoms with E-state index in [0.717, 1.165) is 6.07 Å². The molecule has 112 valence electrons. The molecule has 0 aliphatic carbocycles. The third-order valence-electron chi connectivity index (χ3n) is 3.03. The van der Waals surface area contributed by atoms with Gasteiger partial charge < -0.3 is 5.32 Å². The summed E-state index contributed by atoms with van der Waals surface area (Å²) in [6, 6.07) is 9.91. The van der Waals surface area contributed by atoms with Crippen LogP contribution in [0.3, 0.4) is 0 Å². The fourth-order valence-corrected chi connectivity index (χ4v) is 2.36. The van der Waals surface area contributed by atoms with Gasteiger partial charge in [-0.2, -0.15) is 0 Å². The predicted molar refractivity (Wildman–Crippen MR) is 80.9 cm³/mol. The third kappa shape index (κ3) is 2.59. The lowest BCUT2D eigenvalue weighted by molar-refractivity contribution is 0.452. The van der Waals surface area contributed by atoms with Gasteiger partial charge in [-0.05, 0) is 24.5 Å². The third-order valence-corrected chi connectivity index (χ3v) is 3.57. The van der Waals surface area contributed by atoms with Crippen LogP contribution in [0, 0.1) is 17.5 Å². The quantitative estimate of drug-likeness (QED) is 0.437. The average Bonchev–Trinajstić information content (AvgIpc) is 2.54. The van der Waals surface area contributed by atoms with Crippen molar-refractivity contribution in [2.75, 3.05) is 11.6 Å². The SMILES string of the molecule is CSc1nc(Nc2ccccc2)c2cc(F)c(F)c(F)c2n1. The molecule has 0 aliphatic heterocycles. The second-order valence-corrected chi connectivity index (χ2v) is 5.21. The molecule has 0 radical (unpaired) electrons. The van der Waals surface area contributed by atoms with E-state index in [9.17, 15) is 13.2 Å². The van der Waals surface area contributed by atoms with Crippen molar-refractivity contribution >= 4 is 34.2 Å². The van der Waals surface area contributed by atoms with E-state index < -0.39 is 17.5 Å². The molecule has 0 aliphatic rings. The number of hydrogen-bond donors (Lipinski definition) is 1. The van der Waals surface area contributed by atoms with Gasteiger partial charge >= 0.3 is 0 Å². The van der Waals surface area contributed by atoms with Gasteiger partial charge in [-0.3, -0.25) is 0 Å². The second-order valence-electron chi connectivity index (χ2n) is 4.43. The fraction of sp³-hybridized carbons (Fsp3) is 0.0667. The van der Waals surface area contributed by atoms with Crippen LogP contribution in [0.15, 0.2) is 41.6 Å². The molecule has 0 amide bonds. The molecule has 3 nitrogen and oxygen atoms in total. The Bertz CT molecular complexity index is 841. The van der Waals surface area contributed by atoms with Crippen LogP contribution in [0.25, 0.3) is 10.9 Å². The van der Waals surface area contributed by atoms with Gasteiger partial charge in [-0.25, -0.2) is 23.1 Å². The number of halogens is 3. The van der Waals surface area contributed by atoms with Crippen LogP contribution < -0.4 is 5.32 Å². The highest BCUT2D eigenvalue weighted by Gasteiger charge is 2.19. The molecule has 0 saturated heterocycles. The number of nitrogens with zero attached hydrogens (tertiary/aromatic N) is 2. The lowest BCUT2D eigenvalue weighted by Crippen LogP contribution is -2.02. The number of aromatic nitrogens is 2. The topological polar surface area (TPSA) is 37.8 Å². The number of thioether (sulfide) groups is 1. The van der Waals surface area contributed by atoms with Gasteiger partial charge in [0.1, 0.15) is 11.3 Å². The molecule has 0 spiro atoms. The minimum Gasteiger partial charge on any atom is -0.340 e. The Hall–Kier alpha value is -2.28. The molecular weight excluding hydrogens is 311 g/mol. The van der Waals surface area contributed by atoms with Gasteiger partial charge in [-0.1, -0.05) is 30.0 Å². The first-order chi connectivity index (χ1) is 10.6. The van der Waals surface area contributed by atoms with E-state index in [1.807, 2.05) is 18.2 Å². The van der Waals surface area contributed by atoms with E-state index in [1.54, 1.807) is 18.4 Å². The molecule has 0 atom stereocenters. The van der Waals surface area contributed by atoms with E-state index in [-0.39, 0.29) is 21.9 Å². The van der Waals surface area contributed by atoms with E-state index in [1.165, 1.54) is 11.8 Å². The Balaban J connectivity index is 2.23. The highest BCUT2D eigenvalue weighted by atomic mass is 32.2. The monoisotopic (exact) mass is 321 g/mol. The molecule has 22 heavy (non-hydrogen) atoms. The summed E-state index contributed by atoms with van der Waals surface area (Å²) < 4.78 is 40.9. The van der Waals surface area contributed by atoms with E-state index in [2.05, 4.69) is 15.3 Å². The van der Waals surface area contributed by atoms with Crippen LogP contribution in [0.4, 0.5) is 24.7 Å². The Kier molecular flexibility index (Phi) is 3.89. The Morgan fingerprint density at radius 3 is 2.41 bits per heavy atom. The van der Waals surface area contributed by atoms with Gasteiger partial charge in [0, 0.05) is 11.1 Å². The number of rotatable bonds is 3. The first-order valence-electron chi connectivity index (χ1n) is 6.31. The zero-order valence-corrected chi connectivity index (χ0v) is 12.2. The van der Waals surface area contributed by atoms with Crippen molar-refractivity contribution in [2.24, 2.45) is 0 Å². The van der Waals surface area contributed by atoms with Crippen molar-refractivity contribution in [3.8, 4) is 0 Å². The average molecular weight is 321 g/mol. The summed E-state index contributed by atoms with van der Waals surface area (Å²) in [5, 5.41) is 3.32. The van der Waals surface area contributed by atoms with Crippen molar-refractivity contribution in [1.29, 1.82) is 0 Å². The first-order valence-corrected chi connectivity index (χ1v) is 7.54. The van der Waals surface area contributed by atoms with Gasteiger partial charge in [0.05, 0.1) is 0 Å². The number of fused-ring (bicyclic) bond motifs is 1. The zero-order chi connectivity index (χ0) is 15.7.